The van der Waals surface area contributed by atoms with Crippen LogP contribution >= 0.6 is 0 Å². The fourth-order valence-corrected chi connectivity index (χ4v) is 2.23. The fraction of sp³-hybridized carbons (Fsp3) is 0.615. The van der Waals surface area contributed by atoms with Crippen molar-refractivity contribution in [2.45, 2.75) is 46.5 Å². The molecule has 1 unspecified atom stereocenters. The number of rotatable bonds is 3. The lowest BCUT2D eigenvalue weighted by atomic mass is 9.71. The molecule has 0 bridgehead atoms. The predicted molar refractivity (Wildman–Crippen MR) is 63.7 cm³/mol. The number of carbonyl (C=O) groups is 2. The van der Waals surface area contributed by atoms with E-state index in [9.17, 15) is 9.59 Å². The van der Waals surface area contributed by atoms with E-state index < -0.39 is 5.41 Å². The first-order valence-electron chi connectivity index (χ1n) is 5.80. The molecule has 0 saturated heterocycles. The summed E-state index contributed by atoms with van der Waals surface area (Å²) in [7, 11) is 0. The lowest BCUT2D eigenvalue weighted by Crippen LogP contribution is -2.36. The van der Waals surface area contributed by atoms with Gasteiger partial charge in [0, 0.05) is 30.0 Å². The van der Waals surface area contributed by atoms with Crippen LogP contribution in [0.5, 0.6) is 0 Å². The molecule has 0 radical (unpaired) electrons. The summed E-state index contributed by atoms with van der Waals surface area (Å²) < 4.78 is 0. The van der Waals surface area contributed by atoms with Crippen LogP contribution in [-0.4, -0.2) is 11.7 Å². The van der Waals surface area contributed by atoms with Gasteiger partial charge < -0.3 is 5.32 Å². The van der Waals surface area contributed by atoms with E-state index in [1.165, 1.54) is 6.92 Å². The first-order chi connectivity index (χ1) is 7.90. The van der Waals surface area contributed by atoms with Crippen LogP contribution in [0.2, 0.25) is 0 Å². The van der Waals surface area contributed by atoms with Gasteiger partial charge in [0.15, 0.2) is 5.78 Å². The Balaban J connectivity index is 2.89. The van der Waals surface area contributed by atoms with Crippen molar-refractivity contribution >= 4 is 11.7 Å². The lowest BCUT2D eigenvalue weighted by Gasteiger charge is -2.33. The van der Waals surface area contributed by atoms with Crippen LogP contribution in [0.4, 0.5) is 0 Å². The minimum absolute atomic E-state index is 0.0581. The third-order valence-corrected chi connectivity index (χ3v) is 3.38. The molecule has 1 atom stereocenters. The molecule has 0 aromatic carbocycles. The number of hydrogen-bond donors (Lipinski definition) is 1. The van der Waals surface area contributed by atoms with Crippen molar-refractivity contribution in [2.75, 3.05) is 0 Å². The molecule has 1 rings (SSSR count). The van der Waals surface area contributed by atoms with Crippen LogP contribution in [-0.2, 0) is 9.59 Å². The Kier molecular flexibility index (Phi) is 4.06. The summed E-state index contributed by atoms with van der Waals surface area (Å²) in [5, 5.41) is 11.3. The molecule has 0 saturated carbocycles. The molecule has 1 aliphatic carbocycles. The van der Waals surface area contributed by atoms with Gasteiger partial charge in [-0.05, 0) is 26.2 Å². The minimum atomic E-state index is -0.443. The molecule has 0 fully saturated rings. The van der Waals surface area contributed by atoms with Gasteiger partial charge in [-0.2, -0.15) is 5.26 Å². The summed E-state index contributed by atoms with van der Waals surface area (Å²) >= 11 is 0. The van der Waals surface area contributed by atoms with E-state index in [0.29, 0.717) is 31.3 Å². The van der Waals surface area contributed by atoms with Gasteiger partial charge in [-0.3, -0.25) is 9.59 Å². The molecule has 4 heteroatoms. The van der Waals surface area contributed by atoms with Crippen LogP contribution in [0.25, 0.3) is 0 Å². The maximum atomic E-state index is 12.2. The molecule has 0 heterocycles. The van der Waals surface area contributed by atoms with E-state index in [1.807, 2.05) is 6.92 Å². The fourth-order valence-electron chi connectivity index (χ4n) is 2.23. The van der Waals surface area contributed by atoms with Gasteiger partial charge in [0.2, 0.25) is 5.91 Å². The van der Waals surface area contributed by atoms with Crippen molar-refractivity contribution in [2.24, 2.45) is 5.41 Å². The molecule has 4 nitrogen and oxygen atoms in total. The van der Waals surface area contributed by atoms with Crippen LogP contribution in [0.1, 0.15) is 46.5 Å². The molecule has 0 aliphatic heterocycles. The van der Waals surface area contributed by atoms with Crippen LogP contribution in [0, 0.1) is 16.7 Å². The van der Waals surface area contributed by atoms with E-state index in [2.05, 4.69) is 11.4 Å². The second kappa shape index (κ2) is 5.13. The molecule has 92 valence electrons. The summed E-state index contributed by atoms with van der Waals surface area (Å²) in [6, 6.07) is 2.08. The molecule has 17 heavy (non-hydrogen) atoms. The number of carbonyl (C=O) groups excluding carboxylic acids is 2. The minimum Gasteiger partial charge on any atom is -0.330 e. The zero-order chi connectivity index (χ0) is 13.1. The topological polar surface area (TPSA) is 70.0 Å². The van der Waals surface area contributed by atoms with Gasteiger partial charge in [-0.15, -0.1) is 0 Å². The maximum Gasteiger partial charge on any atom is 0.221 e. The summed E-state index contributed by atoms with van der Waals surface area (Å²) in [6.07, 6.45) is 2.37. The number of hydrogen-bond acceptors (Lipinski definition) is 3. The van der Waals surface area contributed by atoms with Gasteiger partial charge in [0.25, 0.3) is 0 Å². The quantitative estimate of drug-likeness (QED) is 0.812. The van der Waals surface area contributed by atoms with Crippen molar-refractivity contribution < 1.29 is 9.59 Å². The number of nitriles is 1. The highest BCUT2D eigenvalue weighted by Crippen LogP contribution is 2.38. The third-order valence-electron chi connectivity index (χ3n) is 3.38. The Bertz CT molecular complexity index is 418. The SMILES string of the molecule is CC(=O)NC1=C(C)C(=O)C(C)(CCC#N)CC1. The molecule has 0 spiro atoms. The first-order valence-corrected chi connectivity index (χ1v) is 5.80. The molecular weight excluding hydrogens is 216 g/mol. The van der Waals surface area contributed by atoms with Gasteiger partial charge in [0.1, 0.15) is 0 Å². The first kappa shape index (κ1) is 13.4. The summed E-state index contributed by atoms with van der Waals surface area (Å²) in [6.45, 7) is 5.09. The average Bonchev–Trinajstić information content (AvgIpc) is 2.28. The Labute approximate surface area is 102 Å². The lowest BCUT2D eigenvalue weighted by molar-refractivity contribution is -0.125. The highest BCUT2D eigenvalue weighted by Gasteiger charge is 2.37. The molecule has 1 amide bonds. The van der Waals surface area contributed by atoms with Gasteiger partial charge >= 0.3 is 0 Å². The van der Waals surface area contributed by atoms with Crippen molar-refractivity contribution in [1.29, 1.82) is 5.26 Å². The second-order valence-corrected chi connectivity index (χ2v) is 4.83. The van der Waals surface area contributed by atoms with Crippen molar-refractivity contribution in [3.05, 3.63) is 11.3 Å². The summed E-state index contributed by atoms with van der Waals surface area (Å²) in [5.74, 6) is -0.0875. The summed E-state index contributed by atoms with van der Waals surface area (Å²) in [4.78, 5) is 23.2. The zero-order valence-electron chi connectivity index (χ0n) is 10.6. The highest BCUT2D eigenvalue weighted by molar-refractivity contribution is 6.01. The van der Waals surface area contributed by atoms with E-state index in [4.69, 9.17) is 5.26 Å². The molecule has 0 aromatic heterocycles. The number of ketones is 1. The number of nitrogens with zero attached hydrogens (tertiary/aromatic N) is 1. The second-order valence-electron chi connectivity index (χ2n) is 4.83. The van der Waals surface area contributed by atoms with E-state index in [-0.39, 0.29) is 11.7 Å². The standard InChI is InChI=1S/C13H18N2O2/c1-9-11(15-10(2)16)5-7-13(3,12(9)17)6-4-8-14/h4-7H2,1-3H3,(H,15,16). The normalized spacial score (nSPS) is 24.5. The Morgan fingerprint density at radius 2 is 2.24 bits per heavy atom. The van der Waals surface area contributed by atoms with Gasteiger partial charge in [0.05, 0.1) is 6.07 Å². The molecule has 1 aliphatic rings. The van der Waals surface area contributed by atoms with Crippen molar-refractivity contribution in [3.8, 4) is 6.07 Å². The van der Waals surface area contributed by atoms with Gasteiger partial charge in [-0.1, -0.05) is 6.92 Å². The molecular formula is C13H18N2O2. The third kappa shape index (κ3) is 2.94. The smallest absolute Gasteiger partial charge is 0.221 e. The van der Waals surface area contributed by atoms with E-state index >= 15 is 0 Å². The monoisotopic (exact) mass is 234 g/mol. The molecule has 0 aromatic rings. The predicted octanol–water partition coefficient (Wildman–Crippen LogP) is 2.07. The average molecular weight is 234 g/mol. The zero-order valence-corrected chi connectivity index (χ0v) is 10.6. The van der Waals surface area contributed by atoms with E-state index in [1.54, 1.807) is 6.92 Å². The Morgan fingerprint density at radius 1 is 1.59 bits per heavy atom. The summed E-state index contributed by atoms with van der Waals surface area (Å²) in [5.41, 5.74) is 0.922. The number of Topliss-reactive ketones (excluding diaryl/α,β-unsaturated/α-hetero) is 1. The van der Waals surface area contributed by atoms with Crippen LogP contribution < -0.4 is 5.32 Å². The number of allylic oxidation sites excluding steroid dienone is 2. The van der Waals surface area contributed by atoms with Crippen LogP contribution in [0.3, 0.4) is 0 Å². The van der Waals surface area contributed by atoms with E-state index in [0.717, 1.165) is 5.70 Å². The number of amides is 1. The van der Waals surface area contributed by atoms with Crippen molar-refractivity contribution in [3.63, 3.8) is 0 Å². The van der Waals surface area contributed by atoms with Gasteiger partial charge in [-0.25, -0.2) is 0 Å². The van der Waals surface area contributed by atoms with Crippen LogP contribution in [0.15, 0.2) is 11.3 Å². The highest BCUT2D eigenvalue weighted by atomic mass is 16.1. The Hall–Kier alpha value is -1.63. The Morgan fingerprint density at radius 3 is 2.76 bits per heavy atom. The maximum absolute atomic E-state index is 12.2. The van der Waals surface area contributed by atoms with Crippen molar-refractivity contribution in [1.82, 2.24) is 5.32 Å². The molecule has 1 N–H and O–H groups in total. The largest absolute Gasteiger partial charge is 0.330 e. The number of nitrogens with one attached hydrogen (secondary N) is 1.